The second-order valence-corrected chi connectivity index (χ2v) is 9.74. The highest BCUT2D eigenvalue weighted by atomic mass is 19.4. The summed E-state index contributed by atoms with van der Waals surface area (Å²) >= 11 is 0. The molecule has 16 heteroatoms. The van der Waals surface area contributed by atoms with Crippen LogP contribution in [0.25, 0.3) is 0 Å². The molecule has 0 radical (unpaired) electrons. The summed E-state index contributed by atoms with van der Waals surface area (Å²) < 4.78 is 77.5. The van der Waals surface area contributed by atoms with Crippen LogP contribution in [0.15, 0.2) is 30.6 Å². The van der Waals surface area contributed by atoms with Gasteiger partial charge >= 0.3 is 24.3 Å². The van der Waals surface area contributed by atoms with Gasteiger partial charge in [0.2, 0.25) is 0 Å². The number of halogens is 6. The minimum atomic E-state index is -5.08. The van der Waals surface area contributed by atoms with E-state index in [4.69, 9.17) is 29.3 Å². The molecule has 0 saturated carbocycles. The van der Waals surface area contributed by atoms with Crippen LogP contribution in [-0.4, -0.2) is 86.1 Å². The smallest absolute Gasteiger partial charge is 0.475 e. The molecular weight excluding hydrogens is 566 g/mol. The van der Waals surface area contributed by atoms with Gasteiger partial charge in [-0.3, -0.25) is 14.6 Å². The first-order chi connectivity index (χ1) is 19.0. The van der Waals surface area contributed by atoms with Gasteiger partial charge in [0.1, 0.15) is 0 Å². The zero-order valence-corrected chi connectivity index (χ0v) is 22.4. The predicted octanol–water partition coefficient (Wildman–Crippen LogP) is 3.98. The van der Waals surface area contributed by atoms with E-state index in [1.54, 1.807) is 0 Å². The molecule has 2 N–H and O–H groups in total. The summed E-state index contributed by atoms with van der Waals surface area (Å²) in [5.41, 5.74) is 3.62. The Morgan fingerprint density at radius 1 is 1.10 bits per heavy atom. The molecule has 0 bridgehead atoms. The number of pyridine rings is 1. The molecule has 2 fully saturated rings. The Kier molecular flexibility index (Phi) is 12.1. The van der Waals surface area contributed by atoms with Gasteiger partial charge in [0.05, 0.1) is 23.6 Å². The maximum atomic E-state index is 10.6. The molecule has 1 atom stereocenters. The molecule has 230 valence electrons. The van der Waals surface area contributed by atoms with Gasteiger partial charge in [0.25, 0.3) is 0 Å². The fraction of sp³-hybridized carbons (Fsp3) is 0.600. The third-order valence-electron chi connectivity index (χ3n) is 6.28. The molecule has 1 unspecified atom stereocenters. The van der Waals surface area contributed by atoms with E-state index in [0.29, 0.717) is 12.5 Å². The zero-order chi connectivity index (χ0) is 30.8. The number of likely N-dealkylation sites (tertiary alicyclic amines) is 1. The average Bonchev–Trinajstić information content (AvgIpc) is 3.17. The monoisotopic (exact) mass is 598 g/mol. The largest absolute Gasteiger partial charge is 0.490 e. The van der Waals surface area contributed by atoms with Gasteiger partial charge in [-0.25, -0.2) is 9.59 Å². The van der Waals surface area contributed by atoms with Gasteiger partial charge < -0.3 is 19.7 Å². The van der Waals surface area contributed by atoms with E-state index in [2.05, 4.69) is 21.0 Å². The first-order valence-corrected chi connectivity index (χ1v) is 12.4. The Hall–Kier alpha value is -3.24. The first kappa shape index (κ1) is 34.0. The molecule has 2 saturated heterocycles. The van der Waals surface area contributed by atoms with Crippen LogP contribution in [0.4, 0.5) is 26.3 Å². The summed E-state index contributed by atoms with van der Waals surface area (Å²) in [6.07, 6.45) is -3.10. The Labute approximate surface area is 231 Å². The predicted molar refractivity (Wildman–Crippen MR) is 131 cm³/mol. The average molecular weight is 599 g/mol. The Bertz CT molecular complexity index is 1100. The van der Waals surface area contributed by atoms with Gasteiger partial charge in [-0.1, -0.05) is 0 Å². The van der Waals surface area contributed by atoms with Crippen LogP contribution in [-0.2, 0) is 39.3 Å². The second-order valence-electron chi connectivity index (χ2n) is 9.74. The van der Waals surface area contributed by atoms with Crippen molar-refractivity contribution in [2.45, 2.75) is 57.3 Å². The summed E-state index contributed by atoms with van der Waals surface area (Å²) in [5, 5.41) is 18.7. The SMILES string of the molecule is Cc1cc(CN2CC3(CC(CCOCc4ccncc4)CCO3)C2)n(C)n1.O=C(O)C(F)(F)F.O=C(O)C(F)(F)F. The van der Waals surface area contributed by atoms with Gasteiger partial charge in [0, 0.05) is 52.3 Å². The highest BCUT2D eigenvalue weighted by molar-refractivity contribution is 5.73. The summed E-state index contributed by atoms with van der Waals surface area (Å²) in [6, 6.07) is 6.20. The van der Waals surface area contributed by atoms with Crippen molar-refractivity contribution in [2.75, 3.05) is 26.3 Å². The maximum Gasteiger partial charge on any atom is 0.490 e. The third kappa shape index (κ3) is 11.6. The molecular formula is C25H32F6N4O6. The van der Waals surface area contributed by atoms with Crippen molar-refractivity contribution in [2.24, 2.45) is 13.0 Å². The van der Waals surface area contributed by atoms with E-state index in [9.17, 15) is 26.3 Å². The lowest BCUT2D eigenvalue weighted by Crippen LogP contribution is -2.64. The van der Waals surface area contributed by atoms with Crippen LogP contribution in [0.3, 0.4) is 0 Å². The fourth-order valence-electron chi connectivity index (χ4n) is 4.44. The fourth-order valence-corrected chi connectivity index (χ4v) is 4.44. The van der Waals surface area contributed by atoms with Crippen molar-refractivity contribution in [3.63, 3.8) is 0 Å². The highest BCUT2D eigenvalue weighted by Crippen LogP contribution is 2.38. The Morgan fingerprint density at radius 2 is 1.66 bits per heavy atom. The number of alkyl halides is 6. The molecule has 2 aliphatic rings. The van der Waals surface area contributed by atoms with Crippen molar-refractivity contribution in [3.05, 3.63) is 47.5 Å². The van der Waals surface area contributed by atoms with Gasteiger partial charge in [-0.15, -0.1) is 0 Å². The minimum absolute atomic E-state index is 0.0711. The number of aryl methyl sites for hydroxylation is 2. The summed E-state index contributed by atoms with van der Waals surface area (Å²) in [7, 11) is 2.02. The molecule has 1 spiro atoms. The summed E-state index contributed by atoms with van der Waals surface area (Å²) in [6.45, 7) is 7.45. The molecule has 2 aromatic rings. The molecule has 4 heterocycles. The number of rotatable bonds is 7. The van der Waals surface area contributed by atoms with Crippen LogP contribution >= 0.6 is 0 Å². The topological polar surface area (TPSA) is 127 Å². The first-order valence-electron chi connectivity index (χ1n) is 12.4. The van der Waals surface area contributed by atoms with Crippen LogP contribution in [0.2, 0.25) is 0 Å². The number of nitrogens with zero attached hydrogens (tertiary/aromatic N) is 4. The second kappa shape index (κ2) is 14.6. The van der Waals surface area contributed by atoms with Crippen molar-refractivity contribution in [1.29, 1.82) is 0 Å². The number of carboxylic acid groups (broad SMARTS) is 2. The number of aliphatic carboxylic acids is 2. The number of hydrogen-bond acceptors (Lipinski definition) is 7. The third-order valence-corrected chi connectivity index (χ3v) is 6.28. The summed E-state index contributed by atoms with van der Waals surface area (Å²) in [4.78, 5) is 24.3. The maximum absolute atomic E-state index is 10.6. The van der Waals surface area contributed by atoms with Crippen molar-refractivity contribution in [3.8, 4) is 0 Å². The van der Waals surface area contributed by atoms with Crippen LogP contribution in [0, 0.1) is 12.8 Å². The molecule has 2 aliphatic heterocycles. The van der Waals surface area contributed by atoms with Gasteiger partial charge in [-0.2, -0.15) is 31.4 Å². The number of hydrogen-bond donors (Lipinski definition) is 2. The Balaban J connectivity index is 0.000000349. The molecule has 0 aliphatic carbocycles. The summed E-state index contributed by atoms with van der Waals surface area (Å²) in [5.74, 6) is -4.81. The quantitative estimate of drug-likeness (QED) is 0.360. The number of carbonyl (C=O) groups is 2. The van der Waals surface area contributed by atoms with Gasteiger partial charge in [-0.05, 0) is 55.9 Å². The van der Waals surface area contributed by atoms with E-state index >= 15 is 0 Å². The number of ether oxygens (including phenoxy) is 2. The lowest BCUT2D eigenvalue weighted by molar-refractivity contribution is -0.193. The molecule has 10 nitrogen and oxygen atoms in total. The molecule has 0 aromatic carbocycles. The van der Waals surface area contributed by atoms with E-state index in [0.717, 1.165) is 57.8 Å². The molecule has 41 heavy (non-hydrogen) atoms. The van der Waals surface area contributed by atoms with Crippen LogP contribution in [0.1, 0.15) is 36.2 Å². The number of carboxylic acids is 2. The lowest BCUT2D eigenvalue weighted by atomic mass is 9.79. The Morgan fingerprint density at radius 3 is 2.15 bits per heavy atom. The minimum Gasteiger partial charge on any atom is -0.475 e. The zero-order valence-electron chi connectivity index (χ0n) is 22.4. The van der Waals surface area contributed by atoms with Gasteiger partial charge in [0.15, 0.2) is 0 Å². The van der Waals surface area contributed by atoms with Crippen molar-refractivity contribution < 1.29 is 55.6 Å². The van der Waals surface area contributed by atoms with E-state index in [-0.39, 0.29) is 5.60 Å². The molecule has 2 aromatic heterocycles. The molecule has 0 amide bonds. The molecule has 4 rings (SSSR count). The number of aromatic nitrogens is 3. The van der Waals surface area contributed by atoms with Crippen LogP contribution < -0.4 is 0 Å². The van der Waals surface area contributed by atoms with E-state index in [1.165, 1.54) is 11.3 Å². The highest BCUT2D eigenvalue weighted by Gasteiger charge is 2.47. The van der Waals surface area contributed by atoms with Crippen molar-refractivity contribution in [1.82, 2.24) is 19.7 Å². The standard InChI is InChI=1S/C21H30N4O2.2C2HF3O2/c1-17-11-20(24(2)23-17)13-25-15-21(16-25)12-18(6-10-27-21)5-9-26-14-19-3-7-22-8-4-19;2*3-2(4,5)1(6)7/h3-4,7-8,11,18H,5-6,9-10,12-16H2,1-2H3;2*(H,6,7). The van der Waals surface area contributed by atoms with Crippen molar-refractivity contribution >= 4 is 11.9 Å². The van der Waals surface area contributed by atoms with E-state index < -0.39 is 24.3 Å². The normalized spacial score (nSPS) is 18.4. The lowest BCUT2D eigenvalue weighted by Gasteiger charge is -2.53. The van der Waals surface area contributed by atoms with Crippen LogP contribution in [0.5, 0.6) is 0 Å². The van der Waals surface area contributed by atoms with E-state index in [1.807, 2.05) is 43.2 Å².